The Bertz CT molecular complexity index is 1510. The lowest BCUT2D eigenvalue weighted by Crippen LogP contribution is -2.49. The number of likely N-dealkylation sites (N-methyl/N-ethyl adjacent to an activating group) is 1. The van der Waals surface area contributed by atoms with Crippen molar-refractivity contribution in [2.24, 2.45) is 0 Å². The number of sulfonamides is 1. The first kappa shape index (κ1) is 30.1. The van der Waals surface area contributed by atoms with Gasteiger partial charge in [-0.3, -0.25) is 4.90 Å². The number of rotatable bonds is 8. The largest absolute Gasteiger partial charge is 0.457 e. The quantitative estimate of drug-likeness (QED) is 0.322. The second-order valence-corrected chi connectivity index (χ2v) is 12.8. The molecule has 2 fully saturated rings. The van der Waals surface area contributed by atoms with Gasteiger partial charge in [0, 0.05) is 50.0 Å². The van der Waals surface area contributed by atoms with E-state index < -0.39 is 33.8 Å². The van der Waals surface area contributed by atoms with Gasteiger partial charge in [0.1, 0.15) is 11.5 Å². The van der Waals surface area contributed by atoms with Crippen molar-refractivity contribution in [1.82, 2.24) is 14.1 Å². The minimum absolute atomic E-state index is 0.0292. The summed E-state index contributed by atoms with van der Waals surface area (Å²) < 4.78 is 73.9. The van der Waals surface area contributed by atoms with Gasteiger partial charge in [0.05, 0.1) is 17.4 Å². The molecule has 5 rings (SSSR count). The number of carbonyl (C=O) groups excluding carboxylic acids is 1. The molecule has 0 aromatic heterocycles. The molecule has 1 atom stereocenters. The third-order valence-electron chi connectivity index (χ3n) is 7.42. The van der Waals surface area contributed by atoms with E-state index in [1.54, 1.807) is 54.6 Å². The van der Waals surface area contributed by atoms with Gasteiger partial charge in [-0.1, -0.05) is 23.7 Å². The Morgan fingerprint density at radius 3 is 2.17 bits per heavy atom. The number of alkyl halides is 3. The normalized spacial score (nSPS) is 19.0. The summed E-state index contributed by atoms with van der Waals surface area (Å²) in [4.78, 5) is 18.5. The first-order valence-corrected chi connectivity index (χ1v) is 15.3. The number of piperazine rings is 1. The number of nitrogens with zero attached hydrogens (tertiary/aromatic N) is 4. The molecule has 2 saturated heterocycles. The van der Waals surface area contributed by atoms with Crippen LogP contribution in [0.2, 0.25) is 5.02 Å². The molecule has 2 aliphatic heterocycles. The van der Waals surface area contributed by atoms with Crippen molar-refractivity contribution in [2.45, 2.75) is 12.2 Å². The van der Waals surface area contributed by atoms with Crippen LogP contribution in [-0.2, 0) is 16.2 Å². The van der Waals surface area contributed by atoms with E-state index in [0.29, 0.717) is 54.0 Å². The fourth-order valence-electron chi connectivity index (χ4n) is 5.04. The summed E-state index contributed by atoms with van der Waals surface area (Å²) in [6, 6.07) is 17.0. The molecule has 3 aromatic carbocycles. The van der Waals surface area contributed by atoms with Crippen molar-refractivity contribution < 1.29 is 31.1 Å². The van der Waals surface area contributed by atoms with Crippen LogP contribution in [0.25, 0.3) is 0 Å². The summed E-state index contributed by atoms with van der Waals surface area (Å²) in [5.41, 5.74) is -0.0883. The zero-order valence-electron chi connectivity index (χ0n) is 22.8. The number of ether oxygens (including phenoxy) is 1. The lowest BCUT2D eigenvalue weighted by atomic mass is 10.0. The van der Waals surface area contributed by atoms with E-state index in [1.807, 2.05) is 11.9 Å². The fourth-order valence-corrected chi connectivity index (χ4v) is 6.60. The number of benzene rings is 3. The van der Waals surface area contributed by atoms with Gasteiger partial charge in [-0.2, -0.15) is 17.5 Å². The van der Waals surface area contributed by atoms with Crippen molar-refractivity contribution in [1.29, 1.82) is 0 Å². The molecular weight excluding hydrogens is 593 g/mol. The molecule has 42 heavy (non-hydrogen) atoms. The predicted octanol–water partition coefficient (Wildman–Crippen LogP) is 5.71. The van der Waals surface area contributed by atoms with Crippen LogP contribution >= 0.6 is 11.6 Å². The molecule has 2 amide bonds. The molecule has 0 saturated carbocycles. The van der Waals surface area contributed by atoms with Crippen molar-refractivity contribution in [3.8, 4) is 11.5 Å². The lowest BCUT2D eigenvalue weighted by molar-refractivity contribution is -0.137. The first-order valence-electron chi connectivity index (χ1n) is 13.4. The highest BCUT2D eigenvalue weighted by Crippen LogP contribution is 2.38. The molecule has 224 valence electrons. The summed E-state index contributed by atoms with van der Waals surface area (Å²) in [7, 11) is -1.70. The minimum Gasteiger partial charge on any atom is -0.457 e. The molecule has 0 N–H and O–H groups in total. The summed E-state index contributed by atoms with van der Waals surface area (Å²) in [5, 5.41) is 0.562. The number of hydrogen-bond donors (Lipinski definition) is 0. The van der Waals surface area contributed by atoms with Crippen LogP contribution in [0.15, 0.2) is 72.8 Å². The predicted molar refractivity (Wildman–Crippen MR) is 154 cm³/mol. The van der Waals surface area contributed by atoms with Gasteiger partial charge in [0.2, 0.25) is 10.0 Å². The van der Waals surface area contributed by atoms with Crippen LogP contribution in [0, 0.1) is 0 Å². The summed E-state index contributed by atoms with van der Waals surface area (Å²) in [6.07, 6.45) is -4.56. The van der Waals surface area contributed by atoms with Crippen molar-refractivity contribution in [3.05, 3.63) is 88.9 Å². The maximum atomic E-state index is 13.7. The summed E-state index contributed by atoms with van der Waals surface area (Å²) >= 11 is 5.93. The third-order valence-corrected chi connectivity index (χ3v) is 9.52. The lowest BCUT2D eigenvalue weighted by Gasteiger charge is -2.32. The van der Waals surface area contributed by atoms with Gasteiger partial charge in [-0.05, 0) is 73.3 Å². The minimum atomic E-state index is -4.56. The van der Waals surface area contributed by atoms with Crippen molar-refractivity contribution in [2.75, 3.05) is 57.0 Å². The van der Waals surface area contributed by atoms with Crippen molar-refractivity contribution in [3.63, 3.8) is 0 Å². The van der Waals surface area contributed by atoms with Gasteiger partial charge in [0.15, 0.2) is 0 Å². The molecule has 13 heteroatoms. The Hall–Kier alpha value is -3.32. The van der Waals surface area contributed by atoms with Gasteiger partial charge in [-0.25, -0.2) is 13.2 Å². The van der Waals surface area contributed by atoms with Gasteiger partial charge < -0.3 is 14.5 Å². The molecule has 0 radical (unpaired) electrons. The fraction of sp³-hybridized carbons (Fsp3) is 0.345. The Kier molecular flexibility index (Phi) is 8.70. The van der Waals surface area contributed by atoms with E-state index in [-0.39, 0.29) is 18.8 Å². The van der Waals surface area contributed by atoms with E-state index in [0.717, 1.165) is 12.1 Å². The zero-order chi connectivity index (χ0) is 30.1. The second-order valence-electron chi connectivity index (χ2n) is 10.3. The van der Waals surface area contributed by atoms with Crippen LogP contribution in [0.5, 0.6) is 11.5 Å². The Morgan fingerprint density at radius 1 is 0.929 bits per heavy atom. The summed E-state index contributed by atoms with van der Waals surface area (Å²) in [5.74, 6) is 0.761. The van der Waals surface area contributed by atoms with Crippen LogP contribution in [0.1, 0.15) is 17.2 Å². The number of urea groups is 1. The molecule has 0 bridgehead atoms. The van der Waals surface area contributed by atoms with Crippen LogP contribution in [0.3, 0.4) is 0 Å². The van der Waals surface area contributed by atoms with Crippen LogP contribution in [-0.4, -0.2) is 80.6 Å². The highest BCUT2D eigenvalue weighted by atomic mass is 35.5. The summed E-state index contributed by atoms with van der Waals surface area (Å²) in [6.45, 7) is 1.92. The molecule has 2 aliphatic rings. The highest BCUT2D eigenvalue weighted by Gasteiger charge is 2.41. The second kappa shape index (κ2) is 12.1. The van der Waals surface area contributed by atoms with E-state index in [9.17, 15) is 26.4 Å². The molecule has 0 spiro atoms. The first-order chi connectivity index (χ1) is 19.9. The molecular formula is C29H30ClF3N4O4S. The average molecular weight is 623 g/mol. The average Bonchev–Trinajstić information content (AvgIpc) is 3.29. The van der Waals surface area contributed by atoms with Crippen LogP contribution in [0.4, 0.5) is 23.7 Å². The Balaban J connectivity index is 1.39. The molecule has 3 aromatic rings. The molecule has 0 aliphatic carbocycles. The number of halogens is 4. The van der Waals surface area contributed by atoms with Gasteiger partial charge >= 0.3 is 12.2 Å². The Morgan fingerprint density at radius 2 is 1.55 bits per heavy atom. The van der Waals surface area contributed by atoms with E-state index in [4.69, 9.17) is 16.3 Å². The van der Waals surface area contributed by atoms with E-state index >= 15 is 0 Å². The van der Waals surface area contributed by atoms with Crippen LogP contribution < -0.4 is 9.64 Å². The molecule has 2 heterocycles. The SMILES string of the molecule is CN1CCN(S(=O)(=O)CCN2C[C@H](c3cccc(C(F)(F)F)c3)N(c3ccc(Oc4ccc(Cl)cc4)cc3)C2=O)CC1. The maximum absolute atomic E-state index is 13.7. The highest BCUT2D eigenvalue weighted by molar-refractivity contribution is 7.89. The maximum Gasteiger partial charge on any atom is 0.416 e. The van der Waals surface area contributed by atoms with E-state index in [2.05, 4.69) is 0 Å². The molecule has 0 unspecified atom stereocenters. The zero-order valence-corrected chi connectivity index (χ0v) is 24.4. The number of anilines is 1. The van der Waals surface area contributed by atoms with Gasteiger partial charge in [-0.15, -0.1) is 0 Å². The smallest absolute Gasteiger partial charge is 0.416 e. The number of carbonyl (C=O) groups is 1. The monoisotopic (exact) mass is 622 g/mol. The molecule has 8 nitrogen and oxygen atoms in total. The standard InChI is InChI=1S/C29H30ClF3N4O4S/c1-34-13-15-36(16-14-34)42(39,40)18-17-35-20-27(21-3-2-4-22(19-21)29(31,32)33)37(28(35)38)24-7-11-26(12-8-24)41-25-9-5-23(30)6-10-25/h2-12,19,27H,13-18,20H2,1H3/t27-/m1/s1. The topological polar surface area (TPSA) is 73.4 Å². The Labute approximate surface area is 247 Å². The third kappa shape index (κ3) is 6.83. The van der Waals surface area contributed by atoms with Gasteiger partial charge in [0.25, 0.3) is 0 Å². The van der Waals surface area contributed by atoms with E-state index in [1.165, 1.54) is 20.2 Å². The number of amides is 2. The van der Waals surface area contributed by atoms with Crippen molar-refractivity contribution >= 4 is 33.3 Å². The number of hydrogen-bond acceptors (Lipinski definition) is 5.